The van der Waals surface area contributed by atoms with Crippen molar-refractivity contribution in [2.24, 2.45) is 0 Å². The first-order valence-electron chi connectivity index (χ1n) is 12.7. The SMILES string of the molecule is C.CC(C)c1cnn2c(NCc3ccccc3-n3cccn3)nc(-c3cccc(OC4CCNC4)c3)nc12. The summed E-state index contributed by atoms with van der Waals surface area (Å²) < 4.78 is 9.86. The smallest absolute Gasteiger partial charge is 0.228 e. The van der Waals surface area contributed by atoms with Crippen molar-refractivity contribution in [3.05, 3.63) is 84.3 Å². The van der Waals surface area contributed by atoms with E-state index in [1.165, 1.54) is 0 Å². The van der Waals surface area contributed by atoms with Crippen LogP contribution in [-0.4, -0.2) is 48.6 Å². The van der Waals surface area contributed by atoms with Crippen molar-refractivity contribution < 1.29 is 4.74 Å². The normalized spacial score (nSPS) is 15.1. The molecule has 0 amide bonds. The van der Waals surface area contributed by atoms with Gasteiger partial charge in [0.05, 0.1) is 11.9 Å². The Balaban J connectivity index is 0.00000294. The maximum Gasteiger partial charge on any atom is 0.228 e. The first-order chi connectivity index (χ1) is 18.2. The van der Waals surface area contributed by atoms with E-state index in [0.29, 0.717) is 18.3 Å². The predicted molar refractivity (Wildman–Crippen MR) is 150 cm³/mol. The van der Waals surface area contributed by atoms with Gasteiger partial charge >= 0.3 is 0 Å². The zero-order chi connectivity index (χ0) is 25.2. The number of nitrogens with zero attached hydrogens (tertiary/aromatic N) is 6. The quantitative estimate of drug-likeness (QED) is 0.300. The van der Waals surface area contributed by atoms with Crippen LogP contribution in [0.4, 0.5) is 5.95 Å². The molecule has 9 heteroatoms. The van der Waals surface area contributed by atoms with Gasteiger partial charge in [-0.25, -0.2) is 9.67 Å². The molecule has 1 saturated heterocycles. The standard InChI is InChI=1S/C28H30N8O.CH4/c1-19(2)24-18-32-36-27(24)33-26(20-8-5-9-22(15-20)37-23-11-13-29-17-23)34-28(36)30-16-21-7-3-4-10-25(21)35-14-6-12-31-35;/h3-10,12,14-15,18-19,23,29H,11,13,16-17H2,1-2H3,(H,30,33,34);1H4. The molecule has 0 saturated carbocycles. The van der Waals surface area contributed by atoms with E-state index in [-0.39, 0.29) is 19.4 Å². The largest absolute Gasteiger partial charge is 0.489 e. The second kappa shape index (κ2) is 11.0. The minimum Gasteiger partial charge on any atom is -0.489 e. The van der Waals surface area contributed by atoms with E-state index in [9.17, 15) is 0 Å². The molecule has 5 aromatic rings. The molecule has 0 radical (unpaired) electrons. The maximum absolute atomic E-state index is 6.20. The molecule has 4 heterocycles. The van der Waals surface area contributed by atoms with Crippen LogP contribution in [0.15, 0.2) is 73.2 Å². The summed E-state index contributed by atoms with van der Waals surface area (Å²) >= 11 is 0. The number of aromatic nitrogens is 6. The van der Waals surface area contributed by atoms with Crippen molar-refractivity contribution >= 4 is 11.6 Å². The van der Waals surface area contributed by atoms with E-state index in [0.717, 1.165) is 53.3 Å². The molecule has 2 aromatic carbocycles. The number of fused-ring (bicyclic) bond motifs is 1. The average Bonchev–Trinajstić information content (AvgIpc) is 3.70. The summed E-state index contributed by atoms with van der Waals surface area (Å²) in [4.78, 5) is 9.85. The fourth-order valence-electron chi connectivity index (χ4n) is 4.64. The van der Waals surface area contributed by atoms with E-state index in [2.05, 4.69) is 46.8 Å². The van der Waals surface area contributed by atoms with Crippen LogP contribution in [0.1, 0.15) is 44.7 Å². The van der Waals surface area contributed by atoms with Crippen LogP contribution >= 0.6 is 0 Å². The zero-order valence-electron chi connectivity index (χ0n) is 21.0. The molecule has 1 atom stereocenters. The average molecular weight is 511 g/mol. The summed E-state index contributed by atoms with van der Waals surface area (Å²) in [6, 6.07) is 18.1. The van der Waals surface area contributed by atoms with Crippen LogP contribution < -0.4 is 15.4 Å². The second-order valence-corrected chi connectivity index (χ2v) is 9.55. The molecule has 3 aromatic heterocycles. The Kier molecular flexibility index (Phi) is 7.37. The lowest BCUT2D eigenvalue weighted by atomic mass is 10.1. The van der Waals surface area contributed by atoms with E-state index in [4.69, 9.17) is 14.7 Å². The number of hydrogen-bond donors (Lipinski definition) is 2. The van der Waals surface area contributed by atoms with E-state index in [1.54, 1.807) is 10.7 Å². The summed E-state index contributed by atoms with van der Waals surface area (Å²) in [6.45, 7) is 6.71. The van der Waals surface area contributed by atoms with Gasteiger partial charge in [0, 0.05) is 36.6 Å². The van der Waals surface area contributed by atoms with Gasteiger partial charge in [-0.05, 0) is 48.7 Å². The Hall–Kier alpha value is -4.24. The number of hydrogen-bond acceptors (Lipinski definition) is 7. The van der Waals surface area contributed by atoms with Gasteiger partial charge in [-0.15, -0.1) is 0 Å². The molecule has 1 unspecified atom stereocenters. The Morgan fingerprint density at radius 3 is 2.76 bits per heavy atom. The minimum absolute atomic E-state index is 0. The van der Waals surface area contributed by atoms with Gasteiger partial charge in [0.25, 0.3) is 0 Å². The third-order valence-corrected chi connectivity index (χ3v) is 6.61. The molecule has 1 aliphatic rings. The number of para-hydroxylation sites is 1. The summed E-state index contributed by atoms with van der Waals surface area (Å²) in [5.41, 5.74) is 4.89. The van der Waals surface area contributed by atoms with Gasteiger partial charge in [-0.1, -0.05) is 51.6 Å². The van der Waals surface area contributed by atoms with E-state index >= 15 is 0 Å². The maximum atomic E-state index is 6.20. The van der Waals surface area contributed by atoms with Crippen molar-refractivity contribution in [1.82, 2.24) is 34.7 Å². The topological polar surface area (TPSA) is 94.2 Å². The van der Waals surface area contributed by atoms with Crippen molar-refractivity contribution in [3.8, 4) is 22.8 Å². The van der Waals surface area contributed by atoms with Crippen LogP contribution in [0.5, 0.6) is 5.75 Å². The number of benzene rings is 2. The Morgan fingerprint density at radius 1 is 1.08 bits per heavy atom. The lowest BCUT2D eigenvalue weighted by Crippen LogP contribution is -2.19. The molecule has 9 nitrogen and oxygen atoms in total. The summed E-state index contributed by atoms with van der Waals surface area (Å²) in [5.74, 6) is 2.37. The van der Waals surface area contributed by atoms with Crippen LogP contribution in [0.3, 0.4) is 0 Å². The summed E-state index contributed by atoms with van der Waals surface area (Å²) in [6.07, 6.45) is 6.80. The highest BCUT2D eigenvalue weighted by molar-refractivity contribution is 5.64. The molecule has 1 fully saturated rings. The number of rotatable bonds is 8. The predicted octanol–water partition coefficient (Wildman–Crippen LogP) is 5.09. The lowest BCUT2D eigenvalue weighted by molar-refractivity contribution is 0.223. The van der Waals surface area contributed by atoms with Crippen LogP contribution in [0, 0.1) is 0 Å². The highest BCUT2D eigenvalue weighted by atomic mass is 16.5. The highest BCUT2D eigenvalue weighted by Gasteiger charge is 2.19. The van der Waals surface area contributed by atoms with Gasteiger partial charge in [0.15, 0.2) is 11.5 Å². The molecule has 1 aliphatic heterocycles. The molecule has 38 heavy (non-hydrogen) atoms. The third kappa shape index (κ3) is 5.10. The lowest BCUT2D eigenvalue weighted by Gasteiger charge is -2.15. The molecule has 6 rings (SSSR count). The first kappa shape index (κ1) is 25.4. The Morgan fingerprint density at radius 2 is 1.97 bits per heavy atom. The van der Waals surface area contributed by atoms with E-state index < -0.39 is 0 Å². The van der Waals surface area contributed by atoms with E-state index in [1.807, 2.05) is 59.5 Å². The van der Waals surface area contributed by atoms with Crippen molar-refractivity contribution in [3.63, 3.8) is 0 Å². The first-order valence-corrected chi connectivity index (χ1v) is 12.7. The Bertz CT molecular complexity index is 1500. The zero-order valence-corrected chi connectivity index (χ0v) is 21.0. The van der Waals surface area contributed by atoms with Crippen LogP contribution in [-0.2, 0) is 6.54 Å². The van der Waals surface area contributed by atoms with Crippen LogP contribution in [0.25, 0.3) is 22.7 Å². The molecule has 2 N–H and O–H groups in total. The van der Waals surface area contributed by atoms with Gasteiger partial charge < -0.3 is 15.4 Å². The monoisotopic (exact) mass is 510 g/mol. The fraction of sp³-hybridized carbons (Fsp3) is 0.310. The number of ether oxygens (including phenoxy) is 1. The van der Waals surface area contributed by atoms with Gasteiger partial charge in [-0.2, -0.15) is 19.7 Å². The van der Waals surface area contributed by atoms with Gasteiger partial charge in [-0.3, -0.25) is 0 Å². The number of anilines is 1. The van der Waals surface area contributed by atoms with Gasteiger partial charge in [0.2, 0.25) is 5.95 Å². The fourth-order valence-corrected chi connectivity index (χ4v) is 4.64. The van der Waals surface area contributed by atoms with Crippen molar-refractivity contribution in [2.45, 2.75) is 46.3 Å². The molecule has 0 spiro atoms. The molecule has 196 valence electrons. The van der Waals surface area contributed by atoms with Crippen LogP contribution in [0.2, 0.25) is 0 Å². The van der Waals surface area contributed by atoms with Gasteiger partial charge in [0.1, 0.15) is 11.9 Å². The molecular weight excluding hydrogens is 476 g/mol. The minimum atomic E-state index is 0. The second-order valence-electron chi connectivity index (χ2n) is 9.55. The summed E-state index contributed by atoms with van der Waals surface area (Å²) in [7, 11) is 0. The highest BCUT2D eigenvalue weighted by Crippen LogP contribution is 2.27. The Labute approximate surface area is 222 Å². The molecule has 0 bridgehead atoms. The van der Waals surface area contributed by atoms with Crippen molar-refractivity contribution in [2.75, 3.05) is 18.4 Å². The molecule has 0 aliphatic carbocycles. The number of nitrogens with one attached hydrogen (secondary N) is 2. The summed E-state index contributed by atoms with van der Waals surface area (Å²) in [5, 5.41) is 15.9. The van der Waals surface area contributed by atoms with Crippen molar-refractivity contribution in [1.29, 1.82) is 0 Å². The molecular formula is C29H34N8O. The third-order valence-electron chi connectivity index (χ3n) is 6.61.